The van der Waals surface area contributed by atoms with E-state index in [1.165, 1.54) is 0 Å². The van der Waals surface area contributed by atoms with Crippen molar-refractivity contribution in [1.29, 1.82) is 0 Å². The van der Waals surface area contributed by atoms with Gasteiger partial charge in [-0.3, -0.25) is 4.79 Å². The van der Waals surface area contributed by atoms with Gasteiger partial charge in [0.05, 0.1) is 11.7 Å². The zero-order valence-electron chi connectivity index (χ0n) is 12.9. The second kappa shape index (κ2) is 6.86. The van der Waals surface area contributed by atoms with Crippen LogP contribution in [0.1, 0.15) is 39.9 Å². The number of carbonyl (C=O) groups is 1. The molecule has 0 radical (unpaired) electrons. The number of hydrogen-bond donors (Lipinski definition) is 1. The van der Waals surface area contributed by atoms with Crippen LogP contribution in [0.15, 0.2) is 35.0 Å². The number of carboxylic acid groups (broad SMARTS) is 1. The lowest BCUT2D eigenvalue weighted by atomic mass is 9.75. The van der Waals surface area contributed by atoms with Gasteiger partial charge in [-0.25, -0.2) is 0 Å². The molecule has 0 amide bonds. The van der Waals surface area contributed by atoms with E-state index in [9.17, 15) is 4.79 Å². The largest absolute Gasteiger partial charge is 0.481 e. The summed E-state index contributed by atoms with van der Waals surface area (Å²) in [6, 6.07) is 3.53. The molecule has 0 atom stereocenters. The molecule has 0 aliphatic carbocycles. The maximum atomic E-state index is 11.1. The Morgan fingerprint density at radius 2 is 2.05 bits per heavy atom. The fourth-order valence-electron chi connectivity index (χ4n) is 2.06. The minimum atomic E-state index is -0.792. The molecule has 0 saturated carbocycles. The van der Waals surface area contributed by atoms with E-state index in [2.05, 4.69) is 23.7 Å². The molecule has 0 aromatic carbocycles. The molecular formula is C18H20O3. The van der Waals surface area contributed by atoms with Crippen molar-refractivity contribution in [3.8, 4) is 23.7 Å². The first-order valence-corrected chi connectivity index (χ1v) is 6.69. The average Bonchev–Trinajstić information content (AvgIpc) is 2.85. The number of carboxylic acids is 1. The summed E-state index contributed by atoms with van der Waals surface area (Å²) in [6.07, 6.45) is 5.73. The third kappa shape index (κ3) is 6.06. The van der Waals surface area contributed by atoms with Gasteiger partial charge in [0, 0.05) is 0 Å². The Morgan fingerprint density at radius 3 is 2.62 bits per heavy atom. The topological polar surface area (TPSA) is 50.4 Å². The summed E-state index contributed by atoms with van der Waals surface area (Å²) in [5.41, 5.74) is -1.01. The number of furan rings is 1. The first kappa shape index (κ1) is 16.7. The quantitative estimate of drug-likeness (QED) is 0.857. The summed E-state index contributed by atoms with van der Waals surface area (Å²) in [4.78, 5) is 11.1. The third-order valence-corrected chi connectivity index (χ3v) is 2.94. The van der Waals surface area contributed by atoms with Crippen LogP contribution in [-0.2, 0) is 4.79 Å². The lowest BCUT2D eigenvalue weighted by Gasteiger charge is -2.29. The summed E-state index contributed by atoms with van der Waals surface area (Å²) in [5, 5.41) is 9.16. The number of rotatable bonds is 4. The molecule has 0 saturated heterocycles. The third-order valence-electron chi connectivity index (χ3n) is 2.94. The van der Waals surface area contributed by atoms with E-state index in [1.807, 2.05) is 19.9 Å². The van der Waals surface area contributed by atoms with Gasteiger partial charge in [-0.1, -0.05) is 25.8 Å². The molecule has 1 aromatic heterocycles. The van der Waals surface area contributed by atoms with Crippen molar-refractivity contribution < 1.29 is 14.3 Å². The van der Waals surface area contributed by atoms with Gasteiger partial charge >= 0.3 is 5.97 Å². The number of aliphatic carboxylic acids is 1. The maximum absolute atomic E-state index is 11.1. The molecule has 1 rings (SSSR count). The molecule has 0 fully saturated rings. The Labute approximate surface area is 126 Å². The highest BCUT2D eigenvalue weighted by molar-refractivity contribution is 5.73. The zero-order chi connectivity index (χ0) is 15.9. The highest BCUT2D eigenvalue weighted by atomic mass is 16.4. The molecule has 110 valence electrons. The SMILES string of the molecule is CC(C)(C=CC#CC#Cc1ccco1)CC(C)(C)C(=O)O. The van der Waals surface area contributed by atoms with Crippen LogP contribution in [0.5, 0.6) is 0 Å². The van der Waals surface area contributed by atoms with Crippen LogP contribution in [0.3, 0.4) is 0 Å². The Kier molecular flexibility index (Phi) is 5.44. The fourth-order valence-corrected chi connectivity index (χ4v) is 2.06. The van der Waals surface area contributed by atoms with Crippen LogP contribution >= 0.6 is 0 Å². The standard InChI is InChI=1S/C18H20O3/c1-17(2,14-18(3,4)16(19)20)12-8-6-5-7-10-15-11-9-13-21-15/h8-9,11-13H,14H2,1-4H3,(H,19,20). The Morgan fingerprint density at radius 1 is 1.33 bits per heavy atom. The normalized spacial score (nSPS) is 11.4. The van der Waals surface area contributed by atoms with Gasteiger partial charge in [-0.2, -0.15) is 0 Å². The van der Waals surface area contributed by atoms with Crippen LogP contribution in [0.25, 0.3) is 0 Å². The van der Waals surface area contributed by atoms with Crippen molar-refractivity contribution >= 4 is 5.97 Å². The minimum absolute atomic E-state index is 0.245. The predicted octanol–water partition coefficient (Wildman–Crippen LogP) is 3.72. The predicted molar refractivity (Wildman–Crippen MR) is 82.3 cm³/mol. The fraction of sp³-hybridized carbons (Fsp3) is 0.389. The van der Waals surface area contributed by atoms with Crippen molar-refractivity contribution in [2.24, 2.45) is 10.8 Å². The monoisotopic (exact) mass is 284 g/mol. The first-order chi connectivity index (χ1) is 9.73. The molecule has 21 heavy (non-hydrogen) atoms. The first-order valence-electron chi connectivity index (χ1n) is 6.69. The highest BCUT2D eigenvalue weighted by Crippen LogP contribution is 2.34. The molecule has 3 nitrogen and oxygen atoms in total. The van der Waals surface area contributed by atoms with Crippen molar-refractivity contribution in [3.63, 3.8) is 0 Å². The van der Waals surface area contributed by atoms with E-state index >= 15 is 0 Å². The second-order valence-corrected chi connectivity index (χ2v) is 6.18. The maximum Gasteiger partial charge on any atom is 0.309 e. The molecule has 0 aliphatic heterocycles. The van der Waals surface area contributed by atoms with E-state index in [4.69, 9.17) is 9.52 Å². The molecule has 0 aliphatic rings. The van der Waals surface area contributed by atoms with Gasteiger partial charge in [-0.05, 0) is 61.7 Å². The van der Waals surface area contributed by atoms with Gasteiger partial charge in [0.15, 0.2) is 5.76 Å². The van der Waals surface area contributed by atoms with E-state index in [0.29, 0.717) is 12.2 Å². The Hall–Kier alpha value is -2.39. The molecule has 0 bridgehead atoms. The Balaban J connectivity index is 2.62. The van der Waals surface area contributed by atoms with Gasteiger partial charge < -0.3 is 9.52 Å². The van der Waals surface area contributed by atoms with Crippen molar-refractivity contribution in [2.45, 2.75) is 34.1 Å². The summed E-state index contributed by atoms with van der Waals surface area (Å²) in [6.45, 7) is 7.44. The van der Waals surface area contributed by atoms with Gasteiger partial charge in [0.1, 0.15) is 0 Å². The summed E-state index contributed by atoms with van der Waals surface area (Å²) < 4.78 is 5.06. The molecule has 3 heteroatoms. The van der Waals surface area contributed by atoms with Crippen LogP contribution in [0, 0.1) is 34.5 Å². The van der Waals surface area contributed by atoms with E-state index < -0.39 is 11.4 Å². The highest BCUT2D eigenvalue weighted by Gasteiger charge is 2.33. The van der Waals surface area contributed by atoms with Crippen molar-refractivity contribution in [1.82, 2.24) is 0 Å². The zero-order valence-corrected chi connectivity index (χ0v) is 12.9. The minimum Gasteiger partial charge on any atom is -0.481 e. The van der Waals surface area contributed by atoms with E-state index in [-0.39, 0.29) is 5.41 Å². The van der Waals surface area contributed by atoms with Crippen molar-refractivity contribution in [2.75, 3.05) is 0 Å². The molecule has 1 aromatic rings. The lowest BCUT2D eigenvalue weighted by Crippen LogP contribution is -2.29. The summed E-state index contributed by atoms with van der Waals surface area (Å²) in [7, 11) is 0. The second-order valence-electron chi connectivity index (χ2n) is 6.18. The van der Waals surface area contributed by atoms with E-state index in [0.717, 1.165) is 0 Å². The Bertz CT molecular complexity index is 623. The van der Waals surface area contributed by atoms with Crippen molar-refractivity contribution in [3.05, 3.63) is 36.3 Å². The lowest BCUT2D eigenvalue weighted by molar-refractivity contribution is -0.148. The number of allylic oxidation sites excluding steroid dienone is 2. The van der Waals surface area contributed by atoms with Crippen LogP contribution in [-0.4, -0.2) is 11.1 Å². The number of hydrogen-bond acceptors (Lipinski definition) is 2. The van der Waals surface area contributed by atoms with Gasteiger partial charge in [-0.15, -0.1) is 0 Å². The van der Waals surface area contributed by atoms with Gasteiger partial charge in [0.2, 0.25) is 0 Å². The molecular weight excluding hydrogens is 264 g/mol. The molecule has 1 N–H and O–H groups in total. The van der Waals surface area contributed by atoms with Crippen LogP contribution in [0.2, 0.25) is 0 Å². The van der Waals surface area contributed by atoms with Crippen LogP contribution in [0.4, 0.5) is 0 Å². The average molecular weight is 284 g/mol. The molecule has 0 spiro atoms. The molecule has 1 heterocycles. The smallest absolute Gasteiger partial charge is 0.309 e. The van der Waals surface area contributed by atoms with Gasteiger partial charge in [0.25, 0.3) is 0 Å². The van der Waals surface area contributed by atoms with Crippen LogP contribution < -0.4 is 0 Å². The van der Waals surface area contributed by atoms with E-state index in [1.54, 1.807) is 38.3 Å². The molecule has 0 unspecified atom stereocenters. The summed E-state index contributed by atoms with van der Waals surface area (Å²) in [5.74, 6) is 10.8. The summed E-state index contributed by atoms with van der Waals surface area (Å²) >= 11 is 0.